The number of rotatable bonds is 2. The SMILES string of the molecule is Bc1ccc2c(-c3ccccc3)c3ccccc3c(-c3ccccc3)c2c1. The molecule has 0 aliphatic carbocycles. The average Bonchev–Trinajstić information content (AvgIpc) is 2.73. The van der Waals surface area contributed by atoms with Gasteiger partial charge in [0.2, 0.25) is 0 Å². The van der Waals surface area contributed by atoms with Crippen LogP contribution in [0.5, 0.6) is 0 Å². The van der Waals surface area contributed by atoms with Crippen molar-refractivity contribution in [2.75, 3.05) is 0 Å². The van der Waals surface area contributed by atoms with Crippen LogP contribution in [0.25, 0.3) is 43.8 Å². The summed E-state index contributed by atoms with van der Waals surface area (Å²) in [5.74, 6) is 0. The summed E-state index contributed by atoms with van der Waals surface area (Å²) in [6, 6.07) is 37.1. The van der Waals surface area contributed by atoms with E-state index in [0.29, 0.717) is 0 Å². The first kappa shape index (κ1) is 15.9. The van der Waals surface area contributed by atoms with Crippen LogP contribution in [0.4, 0.5) is 0 Å². The summed E-state index contributed by atoms with van der Waals surface area (Å²) in [5.41, 5.74) is 6.46. The Bertz CT molecular complexity index is 1260. The van der Waals surface area contributed by atoms with Gasteiger partial charge in [0.1, 0.15) is 7.85 Å². The summed E-state index contributed by atoms with van der Waals surface area (Å²) < 4.78 is 0. The Morgan fingerprint density at radius 2 is 0.852 bits per heavy atom. The molecular formula is C26H19B. The van der Waals surface area contributed by atoms with Crippen LogP contribution in [0.2, 0.25) is 0 Å². The normalized spacial score (nSPS) is 11.1. The third kappa shape index (κ3) is 2.64. The van der Waals surface area contributed by atoms with E-state index in [0.717, 1.165) is 0 Å². The minimum Gasteiger partial charge on any atom is -0.0883 e. The van der Waals surface area contributed by atoms with Crippen LogP contribution in [0.15, 0.2) is 103 Å². The van der Waals surface area contributed by atoms with Gasteiger partial charge in [0.15, 0.2) is 0 Å². The lowest BCUT2D eigenvalue weighted by Gasteiger charge is -2.18. The molecule has 0 heterocycles. The molecule has 5 rings (SSSR count). The highest BCUT2D eigenvalue weighted by Crippen LogP contribution is 2.42. The number of benzene rings is 5. The maximum Gasteiger partial charge on any atom is 0.139 e. The molecule has 5 aromatic carbocycles. The summed E-state index contributed by atoms with van der Waals surface area (Å²) in [6.07, 6.45) is 0. The Kier molecular flexibility index (Phi) is 3.80. The molecule has 0 amide bonds. The van der Waals surface area contributed by atoms with Gasteiger partial charge in [0, 0.05) is 0 Å². The first-order valence-electron chi connectivity index (χ1n) is 9.39. The number of hydrogen-bond donors (Lipinski definition) is 0. The van der Waals surface area contributed by atoms with E-state index in [4.69, 9.17) is 0 Å². The van der Waals surface area contributed by atoms with Crippen molar-refractivity contribution >= 4 is 34.9 Å². The van der Waals surface area contributed by atoms with Crippen molar-refractivity contribution in [2.45, 2.75) is 0 Å². The van der Waals surface area contributed by atoms with Gasteiger partial charge in [-0.2, -0.15) is 0 Å². The van der Waals surface area contributed by atoms with E-state index in [9.17, 15) is 0 Å². The van der Waals surface area contributed by atoms with Gasteiger partial charge in [-0.25, -0.2) is 0 Å². The molecular weight excluding hydrogens is 323 g/mol. The molecule has 0 nitrogen and oxygen atoms in total. The smallest absolute Gasteiger partial charge is 0.0883 e. The van der Waals surface area contributed by atoms with Gasteiger partial charge in [-0.3, -0.25) is 0 Å². The van der Waals surface area contributed by atoms with E-state index < -0.39 is 0 Å². The topological polar surface area (TPSA) is 0 Å². The number of fused-ring (bicyclic) bond motifs is 2. The van der Waals surface area contributed by atoms with Gasteiger partial charge in [0.25, 0.3) is 0 Å². The zero-order valence-corrected chi connectivity index (χ0v) is 15.3. The molecule has 0 aliphatic heterocycles. The molecule has 0 unspecified atom stereocenters. The highest BCUT2D eigenvalue weighted by atomic mass is 14.2. The third-order valence-corrected chi connectivity index (χ3v) is 5.30. The molecule has 5 aromatic rings. The molecule has 0 aliphatic rings. The number of hydrogen-bond acceptors (Lipinski definition) is 0. The van der Waals surface area contributed by atoms with E-state index in [1.54, 1.807) is 0 Å². The molecule has 0 radical (unpaired) electrons. The van der Waals surface area contributed by atoms with Crippen LogP contribution in [-0.2, 0) is 0 Å². The minimum absolute atomic E-state index is 1.27. The molecule has 0 atom stereocenters. The minimum atomic E-state index is 1.27. The standard InChI is InChI=1S/C26H19B/c27-20-15-16-23-24(17-20)26(19-11-5-2-6-12-19)22-14-8-7-13-21(22)25(23)18-9-3-1-4-10-18/h1-17H,27H2. The molecule has 0 N–H and O–H groups in total. The summed E-state index contributed by atoms with van der Waals surface area (Å²) >= 11 is 0. The summed E-state index contributed by atoms with van der Waals surface area (Å²) in [4.78, 5) is 0. The predicted octanol–water partition coefficient (Wildman–Crippen LogP) is 5.59. The Morgan fingerprint density at radius 1 is 0.407 bits per heavy atom. The Morgan fingerprint density at radius 3 is 1.41 bits per heavy atom. The van der Waals surface area contributed by atoms with Crippen LogP contribution in [0, 0.1) is 0 Å². The Hall–Kier alpha value is -3.32. The van der Waals surface area contributed by atoms with E-state index in [1.165, 1.54) is 49.3 Å². The Labute approximate surface area is 160 Å². The first-order chi connectivity index (χ1) is 13.3. The Balaban J connectivity index is 2.04. The lowest BCUT2D eigenvalue weighted by atomic mass is 9.83. The molecule has 0 bridgehead atoms. The van der Waals surface area contributed by atoms with Crippen molar-refractivity contribution in [1.82, 2.24) is 0 Å². The van der Waals surface area contributed by atoms with Crippen LogP contribution in [0.1, 0.15) is 0 Å². The molecule has 0 saturated heterocycles. The molecule has 126 valence electrons. The fraction of sp³-hybridized carbons (Fsp3) is 0. The van der Waals surface area contributed by atoms with Crippen LogP contribution >= 0.6 is 0 Å². The molecule has 0 saturated carbocycles. The van der Waals surface area contributed by atoms with Gasteiger partial charge < -0.3 is 0 Å². The van der Waals surface area contributed by atoms with Gasteiger partial charge in [0.05, 0.1) is 0 Å². The van der Waals surface area contributed by atoms with Crippen molar-refractivity contribution in [3.05, 3.63) is 103 Å². The van der Waals surface area contributed by atoms with E-state index >= 15 is 0 Å². The van der Waals surface area contributed by atoms with Crippen LogP contribution < -0.4 is 5.46 Å². The van der Waals surface area contributed by atoms with Gasteiger partial charge in [-0.15, -0.1) is 0 Å². The van der Waals surface area contributed by atoms with E-state index in [2.05, 4.69) is 111 Å². The summed E-state index contributed by atoms with van der Waals surface area (Å²) in [6.45, 7) is 0. The van der Waals surface area contributed by atoms with E-state index in [1.807, 2.05) is 0 Å². The average molecular weight is 342 g/mol. The second-order valence-corrected chi connectivity index (χ2v) is 7.08. The molecule has 0 spiro atoms. The molecule has 1 heteroatoms. The molecule has 0 fully saturated rings. The quantitative estimate of drug-likeness (QED) is 0.290. The monoisotopic (exact) mass is 342 g/mol. The molecule has 27 heavy (non-hydrogen) atoms. The van der Waals surface area contributed by atoms with Crippen molar-refractivity contribution in [3.63, 3.8) is 0 Å². The summed E-state index contributed by atoms with van der Waals surface area (Å²) in [5, 5.41) is 5.24. The first-order valence-corrected chi connectivity index (χ1v) is 9.39. The van der Waals surface area contributed by atoms with Crippen LogP contribution in [-0.4, -0.2) is 7.85 Å². The zero-order valence-electron chi connectivity index (χ0n) is 15.3. The van der Waals surface area contributed by atoms with Crippen molar-refractivity contribution < 1.29 is 0 Å². The van der Waals surface area contributed by atoms with Gasteiger partial charge in [-0.05, 0) is 43.8 Å². The maximum atomic E-state index is 2.33. The largest absolute Gasteiger partial charge is 0.139 e. The fourth-order valence-corrected chi connectivity index (χ4v) is 4.12. The highest BCUT2D eigenvalue weighted by Gasteiger charge is 2.16. The van der Waals surface area contributed by atoms with Gasteiger partial charge >= 0.3 is 0 Å². The predicted molar refractivity (Wildman–Crippen MR) is 121 cm³/mol. The van der Waals surface area contributed by atoms with Crippen LogP contribution in [0.3, 0.4) is 0 Å². The van der Waals surface area contributed by atoms with Crippen molar-refractivity contribution in [1.29, 1.82) is 0 Å². The third-order valence-electron chi connectivity index (χ3n) is 5.30. The van der Waals surface area contributed by atoms with E-state index in [-0.39, 0.29) is 0 Å². The molecule has 0 aromatic heterocycles. The summed E-state index contributed by atoms with van der Waals surface area (Å²) in [7, 11) is 2.17. The maximum absolute atomic E-state index is 2.33. The second-order valence-electron chi connectivity index (χ2n) is 7.08. The highest BCUT2D eigenvalue weighted by molar-refractivity contribution is 6.34. The van der Waals surface area contributed by atoms with Gasteiger partial charge in [-0.1, -0.05) is 109 Å². The lowest BCUT2D eigenvalue weighted by Crippen LogP contribution is -2.01. The second kappa shape index (κ2) is 6.44. The fourth-order valence-electron chi connectivity index (χ4n) is 4.12. The zero-order chi connectivity index (χ0) is 18.2. The van der Waals surface area contributed by atoms with Crippen molar-refractivity contribution in [2.24, 2.45) is 0 Å². The van der Waals surface area contributed by atoms with Crippen molar-refractivity contribution in [3.8, 4) is 22.3 Å². The lowest BCUT2D eigenvalue weighted by molar-refractivity contribution is 1.65.